The zero-order valence-electron chi connectivity index (χ0n) is 21.1. The SMILES string of the molecule is C/C=C/c1cccc(N(Cc2ccc(-c3ccc(NC)c(C=N)c3)cc2Cl)C(=O)C2CCCCC2)c1. The van der Waals surface area contributed by atoms with Crippen LogP contribution >= 0.6 is 11.6 Å². The molecule has 186 valence electrons. The summed E-state index contributed by atoms with van der Waals surface area (Å²) in [6.45, 7) is 2.43. The maximum Gasteiger partial charge on any atom is 0.230 e. The number of nitrogens with one attached hydrogen (secondary N) is 2. The van der Waals surface area contributed by atoms with Gasteiger partial charge in [0.25, 0.3) is 0 Å². The molecule has 4 nitrogen and oxygen atoms in total. The van der Waals surface area contributed by atoms with E-state index in [-0.39, 0.29) is 11.8 Å². The second-order valence-corrected chi connectivity index (χ2v) is 9.76. The van der Waals surface area contributed by atoms with Gasteiger partial charge >= 0.3 is 0 Å². The van der Waals surface area contributed by atoms with Gasteiger partial charge in [-0.1, -0.05) is 73.3 Å². The summed E-state index contributed by atoms with van der Waals surface area (Å²) in [6.07, 6.45) is 10.8. The minimum Gasteiger partial charge on any atom is -0.388 e. The van der Waals surface area contributed by atoms with Crippen molar-refractivity contribution in [2.24, 2.45) is 5.92 Å². The van der Waals surface area contributed by atoms with E-state index in [1.165, 1.54) is 12.6 Å². The van der Waals surface area contributed by atoms with Crippen molar-refractivity contribution in [3.63, 3.8) is 0 Å². The molecule has 2 N–H and O–H groups in total. The van der Waals surface area contributed by atoms with Crippen LogP contribution in [0.2, 0.25) is 5.02 Å². The Morgan fingerprint density at radius 3 is 2.50 bits per heavy atom. The Kier molecular flexibility index (Phi) is 8.61. The number of hydrogen-bond acceptors (Lipinski definition) is 3. The first kappa shape index (κ1) is 25.7. The quantitative estimate of drug-likeness (QED) is 0.307. The molecule has 0 saturated heterocycles. The van der Waals surface area contributed by atoms with E-state index in [2.05, 4.69) is 23.5 Å². The molecule has 3 aromatic carbocycles. The van der Waals surface area contributed by atoms with Crippen molar-refractivity contribution in [3.05, 3.63) is 88.5 Å². The van der Waals surface area contributed by atoms with Crippen molar-refractivity contribution in [2.75, 3.05) is 17.3 Å². The molecule has 5 heteroatoms. The molecule has 3 aromatic rings. The first-order valence-corrected chi connectivity index (χ1v) is 13.1. The third-order valence-corrected chi connectivity index (χ3v) is 7.30. The van der Waals surface area contributed by atoms with Gasteiger partial charge in [-0.3, -0.25) is 4.79 Å². The van der Waals surface area contributed by atoms with E-state index in [0.29, 0.717) is 11.6 Å². The van der Waals surface area contributed by atoms with Gasteiger partial charge in [-0.15, -0.1) is 0 Å². The number of allylic oxidation sites excluding steroid dienone is 1. The summed E-state index contributed by atoms with van der Waals surface area (Å²) in [7, 11) is 1.85. The Hall–Kier alpha value is -3.37. The molecule has 1 amide bonds. The van der Waals surface area contributed by atoms with E-state index in [1.807, 2.05) is 73.5 Å². The van der Waals surface area contributed by atoms with Crippen LogP contribution in [-0.2, 0) is 11.3 Å². The van der Waals surface area contributed by atoms with Gasteiger partial charge in [-0.2, -0.15) is 0 Å². The smallest absolute Gasteiger partial charge is 0.230 e. The van der Waals surface area contributed by atoms with Gasteiger partial charge in [0.05, 0.1) is 6.54 Å². The molecule has 0 heterocycles. The molecule has 1 aliphatic rings. The molecule has 1 fully saturated rings. The second-order valence-electron chi connectivity index (χ2n) is 9.36. The predicted molar refractivity (Wildman–Crippen MR) is 153 cm³/mol. The van der Waals surface area contributed by atoms with Gasteiger partial charge in [0.15, 0.2) is 0 Å². The van der Waals surface area contributed by atoms with Crippen LogP contribution in [0.3, 0.4) is 0 Å². The first-order chi connectivity index (χ1) is 17.5. The van der Waals surface area contributed by atoms with E-state index in [4.69, 9.17) is 17.0 Å². The van der Waals surface area contributed by atoms with Gasteiger partial charge < -0.3 is 15.6 Å². The monoisotopic (exact) mass is 499 g/mol. The van der Waals surface area contributed by atoms with Crippen LogP contribution in [-0.4, -0.2) is 19.2 Å². The summed E-state index contributed by atoms with van der Waals surface area (Å²) in [5, 5.41) is 11.5. The van der Waals surface area contributed by atoms with E-state index >= 15 is 0 Å². The molecule has 0 aliphatic heterocycles. The molecule has 0 spiro atoms. The summed E-state index contributed by atoms with van der Waals surface area (Å²) < 4.78 is 0. The number of carbonyl (C=O) groups is 1. The van der Waals surface area contributed by atoms with Crippen LogP contribution in [0, 0.1) is 11.3 Å². The molecular formula is C31H34ClN3O. The average Bonchev–Trinajstić information content (AvgIpc) is 2.92. The van der Waals surface area contributed by atoms with Crippen LogP contribution in [0.4, 0.5) is 11.4 Å². The number of benzene rings is 3. The highest BCUT2D eigenvalue weighted by molar-refractivity contribution is 6.31. The van der Waals surface area contributed by atoms with Crippen molar-refractivity contribution < 1.29 is 4.79 Å². The maximum atomic E-state index is 13.7. The van der Waals surface area contributed by atoms with Gasteiger partial charge in [0.1, 0.15) is 0 Å². The summed E-state index contributed by atoms with van der Waals surface area (Å²) in [5.74, 6) is 0.248. The fourth-order valence-corrected chi connectivity index (χ4v) is 5.21. The van der Waals surface area contributed by atoms with Crippen molar-refractivity contribution in [2.45, 2.75) is 45.6 Å². The minimum absolute atomic E-state index is 0.0624. The van der Waals surface area contributed by atoms with Gasteiger partial charge in [0, 0.05) is 41.1 Å². The summed E-state index contributed by atoms with van der Waals surface area (Å²) in [6, 6.07) is 20.1. The fourth-order valence-electron chi connectivity index (χ4n) is 4.97. The number of carbonyl (C=O) groups excluding carboxylic acids is 1. The second kappa shape index (κ2) is 12.0. The van der Waals surface area contributed by atoms with Crippen molar-refractivity contribution >= 4 is 41.2 Å². The largest absolute Gasteiger partial charge is 0.388 e. The molecule has 4 rings (SSSR count). The lowest BCUT2D eigenvalue weighted by Gasteiger charge is -2.30. The molecule has 0 unspecified atom stereocenters. The van der Waals surface area contributed by atoms with Crippen LogP contribution in [0.25, 0.3) is 17.2 Å². The normalized spacial score (nSPS) is 14.1. The van der Waals surface area contributed by atoms with Crippen LogP contribution in [0.1, 0.15) is 55.7 Å². The standard InChI is InChI=1S/C31H34ClN3O/c1-3-8-22-9-7-12-28(17-22)35(31(36)23-10-5-4-6-11-23)21-26-14-13-25(19-29(26)32)24-15-16-30(34-2)27(18-24)20-33/h3,7-9,12-20,23,33-34H,4-6,10-11,21H2,1-2H3/b8-3+,33-20?. The van der Waals surface area contributed by atoms with E-state index < -0.39 is 0 Å². The third kappa shape index (κ3) is 5.88. The first-order valence-electron chi connectivity index (χ1n) is 12.7. The number of amides is 1. The zero-order valence-corrected chi connectivity index (χ0v) is 21.8. The van der Waals surface area contributed by atoms with Crippen molar-refractivity contribution in [1.82, 2.24) is 0 Å². The van der Waals surface area contributed by atoms with E-state index in [0.717, 1.165) is 64.9 Å². The predicted octanol–water partition coefficient (Wildman–Crippen LogP) is 8.19. The van der Waals surface area contributed by atoms with Crippen molar-refractivity contribution in [1.29, 1.82) is 5.41 Å². The summed E-state index contributed by atoms with van der Waals surface area (Å²) in [4.78, 5) is 15.7. The molecular weight excluding hydrogens is 466 g/mol. The van der Waals surface area contributed by atoms with E-state index in [1.54, 1.807) is 0 Å². The van der Waals surface area contributed by atoms with Gasteiger partial charge in [-0.05, 0) is 72.4 Å². The minimum atomic E-state index is 0.0624. The lowest BCUT2D eigenvalue weighted by Crippen LogP contribution is -2.36. The van der Waals surface area contributed by atoms with Crippen LogP contribution in [0.5, 0.6) is 0 Å². The molecule has 0 radical (unpaired) electrons. The summed E-state index contributed by atoms with van der Waals surface area (Å²) >= 11 is 6.81. The van der Waals surface area contributed by atoms with E-state index in [9.17, 15) is 4.79 Å². The molecule has 36 heavy (non-hydrogen) atoms. The Balaban J connectivity index is 1.66. The Morgan fingerprint density at radius 1 is 1.06 bits per heavy atom. The number of halogens is 1. The maximum absolute atomic E-state index is 13.7. The average molecular weight is 500 g/mol. The van der Waals surface area contributed by atoms with Crippen LogP contribution < -0.4 is 10.2 Å². The number of anilines is 2. The zero-order chi connectivity index (χ0) is 25.5. The van der Waals surface area contributed by atoms with Crippen LogP contribution in [0.15, 0.2) is 66.7 Å². The fraction of sp³-hybridized carbons (Fsp3) is 0.290. The lowest BCUT2D eigenvalue weighted by atomic mass is 9.88. The third-order valence-electron chi connectivity index (χ3n) is 6.95. The Labute approximate surface area is 219 Å². The lowest BCUT2D eigenvalue weighted by molar-refractivity contribution is -0.123. The summed E-state index contributed by atoms with van der Waals surface area (Å²) in [5.41, 5.74) is 6.60. The Bertz CT molecular complexity index is 1260. The highest BCUT2D eigenvalue weighted by Gasteiger charge is 2.27. The molecule has 0 atom stereocenters. The number of nitrogens with zero attached hydrogens (tertiary/aromatic N) is 1. The molecule has 1 saturated carbocycles. The highest BCUT2D eigenvalue weighted by Crippen LogP contribution is 2.32. The number of hydrogen-bond donors (Lipinski definition) is 2. The Morgan fingerprint density at radius 2 is 1.81 bits per heavy atom. The molecule has 0 aromatic heterocycles. The van der Waals surface area contributed by atoms with Crippen molar-refractivity contribution in [3.8, 4) is 11.1 Å². The van der Waals surface area contributed by atoms with Gasteiger partial charge in [-0.25, -0.2) is 0 Å². The van der Waals surface area contributed by atoms with Gasteiger partial charge in [0.2, 0.25) is 5.91 Å². The highest BCUT2D eigenvalue weighted by atomic mass is 35.5. The molecule has 1 aliphatic carbocycles. The topological polar surface area (TPSA) is 56.2 Å². The molecule has 0 bridgehead atoms. The number of rotatable bonds is 8.